The molecule has 2 fully saturated rings. The molecule has 4 amide bonds. The molecule has 3 atom stereocenters. The van der Waals surface area contributed by atoms with Crippen molar-refractivity contribution in [1.29, 1.82) is 0 Å². The van der Waals surface area contributed by atoms with Crippen molar-refractivity contribution in [2.75, 3.05) is 38.3 Å². The summed E-state index contributed by atoms with van der Waals surface area (Å²) >= 11 is 1.03. The van der Waals surface area contributed by atoms with Crippen molar-refractivity contribution in [3.05, 3.63) is 65.0 Å². The Morgan fingerprint density at radius 3 is 2.38 bits per heavy atom. The Labute approximate surface area is 281 Å². The number of carbonyl (C=O) groups excluding carboxylic acids is 4. The van der Waals surface area contributed by atoms with Gasteiger partial charge in [-0.25, -0.2) is 0 Å². The third kappa shape index (κ3) is 6.89. The van der Waals surface area contributed by atoms with Crippen LogP contribution in [0.15, 0.2) is 54.6 Å². The van der Waals surface area contributed by atoms with Gasteiger partial charge in [0.25, 0.3) is 5.91 Å². The summed E-state index contributed by atoms with van der Waals surface area (Å²) < 4.78 is 54.2. The van der Waals surface area contributed by atoms with Crippen molar-refractivity contribution in [2.45, 2.75) is 63.8 Å². The fourth-order valence-electron chi connectivity index (χ4n) is 6.28. The lowest BCUT2D eigenvalue weighted by atomic mass is 10.1. The van der Waals surface area contributed by atoms with Crippen LogP contribution in [0.3, 0.4) is 0 Å². The van der Waals surface area contributed by atoms with E-state index >= 15 is 8.78 Å². The van der Waals surface area contributed by atoms with E-state index in [1.54, 1.807) is 24.1 Å². The van der Waals surface area contributed by atoms with Crippen molar-refractivity contribution in [3.8, 4) is 0 Å². The van der Waals surface area contributed by atoms with Crippen LogP contribution in [0.25, 0.3) is 10.1 Å². The van der Waals surface area contributed by atoms with Gasteiger partial charge in [-0.1, -0.05) is 24.3 Å². The van der Waals surface area contributed by atoms with Crippen LogP contribution >= 0.6 is 18.9 Å². The second kappa shape index (κ2) is 14.4. The minimum absolute atomic E-state index is 0.0933. The molecule has 1 unspecified atom stereocenters. The number of carbonyl (C=O) groups is 4. The molecular weight excluding hydrogens is 665 g/mol. The molecule has 0 spiro atoms. The van der Waals surface area contributed by atoms with Gasteiger partial charge in [-0.2, -0.15) is 8.78 Å². The van der Waals surface area contributed by atoms with Crippen molar-refractivity contribution in [1.82, 2.24) is 15.1 Å². The molecular formula is C33H39F2N4O7PS. The molecule has 15 heteroatoms. The first-order valence-electron chi connectivity index (χ1n) is 15.8. The van der Waals surface area contributed by atoms with Gasteiger partial charge in [-0.3, -0.25) is 23.7 Å². The van der Waals surface area contributed by atoms with E-state index in [0.717, 1.165) is 23.5 Å². The predicted molar refractivity (Wildman–Crippen MR) is 178 cm³/mol. The van der Waals surface area contributed by atoms with Gasteiger partial charge >= 0.3 is 13.3 Å². The molecule has 2 aliphatic heterocycles. The van der Waals surface area contributed by atoms with Gasteiger partial charge in [-0.05, 0) is 68.8 Å². The molecule has 0 saturated carbocycles. The van der Waals surface area contributed by atoms with Crippen molar-refractivity contribution in [3.63, 3.8) is 0 Å². The number of likely N-dealkylation sites (N-methyl/N-ethyl adjacent to an activating group) is 1. The maximum absolute atomic E-state index is 15.4. The fraction of sp³-hybridized carbons (Fsp3) is 0.455. The smallest absolute Gasteiger partial charge is 0.340 e. The van der Waals surface area contributed by atoms with Gasteiger partial charge in [0.1, 0.15) is 12.1 Å². The molecule has 48 heavy (non-hydrogen) atoms. The molecule has 2 aliphatic rings. The van der Waals surface area contributed by atoms with Crippen LogP contribution in [0.2, 0.25) is 0 Å². The lowest BCUT2D eigenvalue weighted by molar-refractivity contribution is -0.144. The SMILES string of the molecule is CCOP(=O)(OCC)C(F)(F)c1ccc2sc(C(=O)NC3CN(C(C)=O)CC[C@H]4CC[C@@H](C(=O)N(C)c5ccccc5)N4C3=O)cc2c1. The van der Waals surface area contributed by atoms with Crippen LogP contribution in [0.4, 0.5) is 14.5 Å². The van der Waals surface area contributed by atoms with E-state index in [-0.39, 0.29) is 42.5 Å². The maximum Gasteiger partial charge on any atom is 0.404 e. The highest BCUT2D eigenvalue weighted by atomic mass is 32.1. The maximum atomic E-state index is 15.4. The fourth-order valence-corrected chi connectivity index (χ4v) is 8.76. The number of halogens is 2. The van der Waals surface area contributed by atoms with E-state index < -0.39 is 42.7 Å². The molecule has 0 aliphatic carbocycles. The zero-order chi connectivity index (χ0) is 34.8. The molecule has 258 valence electrons. The number of thiophene rings is 1. The number of benzene rings is 2. The van der Waals surface area contributed by atoms with Crippen molar-refractivity contribution < 1.29 is 41.6 Å². The molecule has 3 aromatic rings. The van der Waals surface area contributed by atoms with E-state index in [1.165, 1.54) is 42.7 Å². The van der Waals surface area contributed by atoms with Gasteiger partial charge in [0.2, 0.25) is 17.7 Å². The van der Waals surface area contributed by atoms with E-state index in [2.05, 4.69) is 5.32 Å². The van der Waals surface area contributed by atoms with E-state index in [9.17, 15) is 23.7 Å². The lowest BCUT2D eigenvalue weighted by Gasteiger charge is -2.39. The second-order valence-electron chi connectivity index (χ2n) is 11.7. The van der Waals surface area contributed by atoms with Crippen LogP contribution in [-0.2, 0) is 33.7 Å². The minimum atomic E-state index is -4.84. The van der Waals surface area contributed by atoms with Gasteiger partial charge in [0.05, 0.1) is 18.1 Å². The first kappa shape index (κ1) is 35.6. The number of rotatable bonds is 10. The number of hydrogen-bond donors (Lipinski definition) is 1. The highest BCUT2D eigenvalue weighted by Gasteiger charge is 2.55. The van der Waals surface area contributed by atoms with Gasteiger partial charge in [-0.15, -0.1) is 11.3 Å². The van der Waals surface area contributed by atoms with Crippen LogP contribution in [0, 0.1) is 0 Å². The van der Waals surface area contributed by atoms with E-state index in [1.807, 2.05) is 18.2 Å². The minimum Gasteiger partial charge on any atom is -0.340 e. The zero-order valence-corrected chi connectivity index (χ0v) is 28.9. The third-order valence-corrected chi connectivity index (χ3v) is 12.0. The monoisotopic (exact) mass is 704 g/mol. The van der Waals surface area contributed by atoms with Crippen molar-refractivity contribution >= 4 is 58.3 Å². The zero-order valence-electron chi connectivity index (χ0n) is 27.2. The third-order valence-electron chi connectivity index (χ3n) is 8.73. The Morgan fingerprint density at radius 1 is 1.04 bits per heavy atom. The van der Waals surface area contributed by atoms with Gasteiger partial charge in [0, 0.05) is 49.1 Å². The standard InChI is InChI=1S/C33H39F2N4O7PS/c1-5-45-47(44,46-6-2)33(34,35)23-12-15-28-22(18-23)19-29(48-28)30(41)36-26-20-38(21(3)40)17-16-25-13-14-27(39(25)31(26)42)32(43)37(4)24-10-8-7-9-11-24/h7-12,15,18-19,25-27H,5-6,13-14,16-17,20H2,1-4H3,(H,36,41)/t25-,26?,27+/m1/s1. The first-order chi connectivity index (χ1) is 22.8. The quantitative estimate of drug-likeness (QED) is 0.273. The molecule has 1 N–H and O–H groups in total. The molecule has 11 nitrogen and oxygen atoms in total. The number of amides is 4. The lowest BCUT2D eigenvalue weighted by Crippen LogP contribution is -2.61. The van der Waals surface area contributed by atoms with Crippen LogP contribution in [0.1, 0.15) is 55.3 Å². The molecule has 0 radical (unpaired) electrons. The summed E-state index contributed by atoms with van der Waals surface area (Å²) in [5.74, 6) is -1.61. The Hall–Kier alpha value is -3.71. The number of alkyl halides is 2. The Balaban J connectivity index is 1.41. The molecule has 5 rings (SSSR count). The van der Waals surface area contributed by atoms with Crippen LogP contribution in [0.5, 0.6) is 0 Å². The first-order valence-corrected chi connectivity index (χ1v) is 18.2. The molecule has 2 aromatic carbocycles. The van der Waals surface area contributed by atoms with E-state index in [0.29, 0.717) is 41.6 Å². The topological polar surface area (TPSA) is 126 Å². The summed E-state index contributed by atoms with van der Waals surface area (Å²) in [5, 5.41) is 3.06. The number of anilines is 1. The summed E-state index contributed by atoms with van der Waals surface area (Å²) in [6.07, 6.45) is 1.50. The molecule has 2 saturated heterocycles. The second-order valence-corrected chi connectivity index (χ2v) is 14.9. The van der Waals surface area contributed by atoms with E-state index in [4.69, 9.17) is 9.05 Å². The number of hydrogen-bond acceptors (Lipinski definition) is 8. The number of nitrogens with zero attached hydrogens (tertiary/aromatic N) is 3. The average molecular weight is 705 g/mol. The van der Waals surface area contributed by atoms with Crippen LogP contribution < -0.4 is 10.2 Å². The molecule has 3 heterocycles. The molecule has 0 bridgehead atoms. The summed E-state index contributed by atoms with van der Waals surface area (Å²) in [6.45, 7) is 4.05. The molecule has 1 aromatic heterocycles. The Bertz CT molecular complexity index is 1730. The summed E-state index contributed by atoms with van der Waals surface area (Å²) in [6, 6.07) is 12.0. The Kier molecular flexibility index (Phi) is 10.7. The summed E-state index contributed by atoms with van der Waals surface area (Å²) in [4.78, 5) is 58.8. The Morgan fingerprint density at radius 2 is 1.73 bits per heavy atom. The van der Waals surface area contributed by atoms with Crippen molar-refractivity contribution in [2.24, 2.45) is 0 Å². The largest absolute Gasteiger partial charge is 0.404 e. The number of para-hydroxylation sites is 1. The summed E-state index contributed by atoms with van der Waals surface area (Å²) in [5.41, 5.74) is -3.86. The predicted octanol–water partition coefficient (Wildman–Crippen LogP) is 5.59. The highest BCUT2D eigenvalue weighted by molar-refractivity contribution is 7.54. The average Bonchev–Trinajstić information content (AvgIpc) is 3.69. The van der Waals surface area contributed by atoms with Gasteiger partial charge < -0.3 is 29.1 Å². The normalized spacial score (nSPS) is 20.3. The number of nitrogens with one attached hydrogen (secondary N) is 1. The number of fused-ring (bicyclic) bond motifs is 2. The van der Waals surface area contributed by atoms with Crippen LogP contribution in [-0.4, -0.2) is 84.9 Å². The summed E-state index contributed by atoms with van der Waals surface area (Å²) in [7, 11) is -3.19. The highest BCUT2D eigenvalue weighted by Crippen LogP contribution is 2.67. The van der Waals surface area contributed by atoms with Gasteiger partial charge in [0.15, 0.2) is 0 Å².